The zero-order valence-corrected chi connectivity index (χ0v) is 27.0. The number of allylic oxidation sites excluding steroid dienone is 1. The topological polar surface area (TPSA) is 115 Å². The third-order valence-electron chi connectivity index (χ3n) is 8.70. The van der Waals surface area contributed by atoms with Crippen LogP contribution < -0.4 is 25.6 Å². The Hall–Kier alpha value is -5.07. The van der Waals surface area contributed by atoms with Crippen molar-refractivity contribution in [1.29, 1.82) is 0 Å². The molecule has 3 aliphatic rings. The lowest BCUT2D eigenvalue weighted by molar-refractivity contribution is -0.120. The van der Waals surface area contributed by atoms with Gasteiger partial charge in [-0.15, -0.1) is 0 Å². The summed E-state index contributed by atoms with van der Waals surface area (Å²) in [6, 6.07) is 15.4. The van der Waals surface area contributed by atoms with Crippen LogP contribution in [0.3, 0.4) is 0 Å². The molecule has 10 nitrogen and oxygen atoms in total. The molecule has 2 fully saturated rings. The molecule has 3 N–H and O–H groups in total. The fourth-order valence-corrected chi connectivity index (χ4v) is 6.64. The number of aromatic nitrogens is 2. The quantitative estimate of drug-likeness (QED) is 0.201. The predicted molar refractivity (Wildman–Crippen MR) is 182 cm³/mol. The molecule has 1 amide bonds. The number of ketones is 1. The van der Waals surface area contributed by atoms with E-state index in [9.17, 15) is 14.0 Å². The number of benzene rings is 3. The first kappa shape index (κ1) is 30.6. The molecule has 12 heteroatoms. The molecule has 0 radical (unpaired) electrons. The van der Waals surface area contributed by atoms with Crippen molar-refractivity contribution in [2.75, 3.05) is 41.8 Å². The highest BCUT2D eigenvalue weighted by molar-refractivity contribution is 7.80. The summed E-state index contributed by atoms with van der Waals surface area (Å²) in [5.41, 5.74) is 11.3. The number of hydrogen-bond donors (Lipinski definition) is 2. The molecule has 2 aliphatic heterocycles. The smallest absolute Gasteiger partial charge is 0.258 e. The third kappa shape index (κ3) is 5.43. The van der Waals surface area contributed by atoms with Gasteiger partial charge in [-0.25, -0.2) is 9.07 Å². The van der Waals surface area contributed by atoms with Crippen LogP contribution in [0.25, 0.3) is 11.8 Å². The van der Waals surface area contributed by atoms with Crippen molar-refractivity contribution < 1.29 is 23.5 Å². The summed E-state index contributed by atoms with van der Waals surface area (Å²) in [6.45, 7) is 7.95. The van der Waals surface area contributed by atoms with E-state index in [0.29, 0.717) is 60.5 Å². The van der Waals surface area contributed by atoms with Gasteiger partial charge in [0.2, 0.25) is 0 Å². The van der Waals surface area contributed by atoms with E-state index in [-0.39, 0.29) is 28.8 Å². The van der Waals surface area contributed by atoms with Gasteiger partial charge in [0, 0.05) is 25.1 Å². The lowest BCUT2D eigenvalue weighted by atomic mass is 10.0. The Morgan fingerprint density at radius 1 is 1.09 bits per heavy atom. The number of nitrogens with one attached hydrogen (secondary N) is 1. The predicted octanol–water partition coefficient (Wildman–Crippen LogP) is 5.35. The number of hydrogen-bond acceptors (Lipinski definition) is 8. The van der Waals surface area contributed by atoms with Crippen molar-refractivity contribution in [3.63, 3.8) is 0 Å². The van der Waals surface area contributed by atoms with Crippen LogP contribution >= 0.6 is 12.2 Å². The van der Waals surface area contributed by atoms with Gasteiger partial charge in [-0.05, 0) is 98.2 Å². The molecule has 4 aromatic rings. The van der Waals surface area contributed by atoms with Crippen LogP contribution in [0.4, 0.5) is 21.6 Å². The Morgan fingerprint density at radius 2 is 1.85 bits per heavy atom. The highest BCUT2D eigenvalue weighted by Crippen LogP contribution is 2.41. The van der Waals surface area contributed by atoms with Gasteiger partial charge in [-0.3, -0.25) is 14.5 Å². The van der Waals surface area contributed by atoms with Gasteiger partial charge < -0.3 is 25.4 Å². The van der Waals surface area contributed by atoms with Gasteiger partial charge in [0.15, 0.2) is 22.5 Å². The van der Waals surface area contributed by atoms with Crippen LogP contribution in [0.2, 0.25) is 0 Å². The van der Waals surface area contributed by atoms with Gasteiger partial charge in [-0.1, -0.05) is 12.1 Å². The van der Waals surface area contributed by atoms with Crippen LogP contribution in [-0.2, 0) is 16.0 Å². The van der Waals surface area contributed by atoms with Crippen molar-refractivity contribution in [2.24, 2.45) is 0 Å². The highest BCUT2D eigenvalue weighted by Gasteiger charge is 2.44. The molecular weight excluding hydrogens is 619 g/mol. The van der Waals surface area contributed by atoms with E-state index in [1.807, 2.05) is 39.0 Å². The highest BCUT2D eigenvalue weighted by atomic mass is 32.1. The molecule has 3 heterocycles. The second-order valence-corrected chi connectivity index (χ2v) is 12.7. The van der Waals surface area contributed by atoms with Crippen LogP contribution in [0, 0.1) is 12.7 Å². The fraction of sp³-hybridized carbons (Fsp3) is 0.257. The second kappa shape index (κ2) is 11.6. The van der Waals surface area contributed by atoms with Crippen LogP contribution in [0.1, 0.15) is 40.9 Å². The molecule has 0 atom stereocenters. The Labute approximate surface area is 276 Å². The fourth-order valence-electron chi connectivity index (χ4n) is 6.20. The molecule has 0 unspecified atom stereocenters. The number of nitrogen functional groups attached to an aromatic ring is 1. The first-order valence-electron chi connectivity index (χ1n) is 15.3. The van der Waals surface area contributed by atoms with E-state index in [4.69, 9.17) is 27.4 Å². The molecule has 0 spiro atoms. The molecular formula is C35H33FN6O4S. The first-order valence-corrected chi connectivity index (χ1v) is 15.7. The van der Waals surface area contributed by atoms with Crippen LogP contribution in [0.5, 0.6) is 11.5 Å². The minimum absolute atomic E-state index is 0.122. The second-order valence-electron chi connectivity index (χ2n) is 12.3. The summed E-state index contributed by atoms with van der Waals surface area (Å²) >= 11 is 5.61. The lowest BCUT2D eigenvalue weighted by Crippen LogP contribution is -2.41. The Balaban J connectivity index is 1.17. The number of thiocarbonyl (C=S) groups is 1. The van der Waals surface area contributed by atoms with E-state index < -0.39 is 11.4 Å². The van der Waals surface area contributed by atoms with Crippen molar-refractivity contribution in [3.8, 4) is 17.2 Å². The molecule has 1 aromatic heterocycles. The van der Waals surface area contributed by atoms with Crippen molar-refractivity contribution >= 4 is 52.3 Å². The largest absolute Gasteiger partial charge is 0.454 e. The number of para-hydroxylation sites is 1. The molecule has 0 bridgehead atoms. The first-order chi connectivity index (χ1) is 22.5. The van der Waals surface area contributed by atoms with E-state index in [2.05, 4.69) is 15.3 Å². The molecule has 240 valence electrons. The lowest BCUT2D eigenvalue weighted by Gasteiger charge is -2.33. The number of fused-ring (bicyclic) bond motifs is 1. The zero-order valence-electron chi connectivity index (χ0n) is 26.2. The number of morpholine rings is 1. The summed E-state index contributed by atoms with van der Waals surface area (Å²) in [7, 11) is 0. The third-order valence-corrected chi connectivity index (χ3v) is 8.99. The molecule has 1 aliphatic carbocycles. The SMILES string of the molecule is Cc1cc(Oc2ccccc2F)ccc1-n1ncc(C(=O)C2=Cc3cc(N4CCOCC4)c(N4C(=O)C(C)(C)NC4=S)cc3C2)c1N. The number of carbonyl (C=O) groups excluding carboxylic acids is 2. The van der Waals surface area contributed by atoms with Crippen molar-refractivity contribution in [3.05, 3.63) is 94.4 Å². The Kier molecular flexibility index (Phi) is 7.56. The minimum Gasteiger partial charge on any atom is -0.454 e. The van der Waals surface area contributed by atoms with E-state index >= 15 is 0 Å². The Bertz CT molecular complexity index is 2000. The molecule has 3 aromatic carbocycles. The minimum atomic E-state index is -0.832. The maximum atomic E-state index is 14.1. The maximum Gasteiger partial charge on any atom is 0.258 e. The van der Waals surface area contributed by atoms with Crippen molar-refractivity contribution in [1.82, 2.24) is 15.1 Å². The summed E-state index contributed by atoms with van der Waals surface area (Å²) < 4.78 is 26.9. The van der Waals surface area contributed by atoms with Gasteiger partial charge in [0.25, 0.3) is 5.91 Å². The summed E-state index contributed by atoms with van der Waals surface area (Å²) in [5, 5.41) is 7.93. The molecule has 0 saturated carbocycles. The molecule has 2 saturated heterocycles. The average Bonchev–Trinajstić information content (AvgIpc) is 3.70. The van der Waals surface area contributed by atoms with Gasteiger partial charge in [-0.2, -0.15) is 5.10 Å². The number of Topliss-reactive ketones (excluding diaryl/α,β-unsaturated/α-hetero) is 1. The van der Waals surface area contributed by atoms with E-state index in [1.165, 1.54) is 16.9 Å². The van der Waals surface area contributed by atoms with Crippen molar-refractivity contribution in [2.45, 2.75) is 32.7 Å². The number of nitrogens with zero attached hydrogens (tertiary/aromatic N) is 4. The number of carbonyl (C=O) groups is 2. The number of amides is 1. The number of ether oxygens (including phenoxy) is 2. The van der Waals surface area contributed by atoms with Crippen LogP contribution in [-0.4, -0.2) is 58.4 Å². The van der Waals surface area contributed by atoms with Gasteiger partial charge in [0.05, 0.1) is 42.0 Å². The van der Waals surface area contributed by atoms with Gasteiger partial charge in [0.1, 0.15) is 17.1 Å². The molecule has 7 rings (SSSR count). The normalized spacial score (nSPS) is 17.1. The summed E-state index contributed by atoms with van der Waals surface area (Å²) in [4.78, 5) is 31.1. The number of nitrogens with two attached hydrogens (primary N) is 1. The number of aryl methyl sites for hydroxylation is 1. The maximum absolute atomic E-state index is 14.1. The summed E-state index contributed by atoms with van der Waals surface area (Å²) in [6.07, 6.45) is 3.72. The summed E-state index contributed by atoms with van der Waals surface area (Å²) in [5.74, 6) is -0.0443. The number of halogens is 1. The van der Waals surface area contributed by atoms with E-state index in [1.54, 1.807) is 41.3 Å². The monoisotopic (exact) mass is 652 g/mol. The van der Waals surface area contributed by atoms with Gasteiger partial charge >= 0.3 is 0 Å². The van der Waals surface area contributed by atoms with Crippen LogP contribution in [0.15, 0.2) is 66.4 Å². The molecule has 47 heavy (non-hydrogen) atoms. The number of anilines is 3. The standard InChI is InChI=1S/C35H33FN6O4S/c1-20-14-24(46-30-7-5-4-6-26(30)36)8-9-27(20)42-32(37)25(19-38-42)31(43)23-15-21-17-28(40-10-12-45-13-11-40)29(18-22(21)16-23)41-33(44)35(2,3)39-34(41)47/h4-9,14-15,17-19H,10-13,16,37H2,1-3H3,(H,39,47). The van der Waals surface area contributed by atoms with E-state index in [0.717, 1.165) is 22.4 Å². The Morgan fingerprint density at radius 3 is 2.55 bits per heavy atom. The number of rotatable bonds is 7. The average molecular weight is 653 g/mol. The zero-order chi connectivity index (χ0) is 33.0.